The molecule has 0 atom stereocenters. The Kier molecular flexibility index (Phi) is 7.60. The molecule has 0 unspecified atom stereocenters. The molecule has 3 rings (SSSR count). The van der Waals surface area contributed by atoms with Gasteiger partial charge in [0.05, 0.1) is 19.7 Å². The number of amides is 2. The highest BCUT2D eigenvalue weighted by molar-refractivity contribution is 5.95. The second-order valence-corrected chi connectivity index (χ2v) is 7.88. The van der Waals surface area contributed by atoms with Gasteiger partial charge in [0.2, 0.25) is 11.8 Å². The minimum absolute atomic E-state index is 0.119. The number of carbonyl (C=O) groups excluding carboxylic acids is 2. The molecule has 6 heteroatoms. The molecule has 1 aliphatic carbocycles. The van der Waals surface area contributed by atoms with Crippen LogP contribution in [0.3, 0.4) is 0 Å². The van der Waals surface area contributed by atoms with Crippen molar-refractivity contribution in [2.75, 3.05) is 44.0 Å². The fourth-order valence-electron chi connectivity index (χ4n) is 3.77. The number of fused-ring (bicyclic) bond motifs is 1. The number of ether oxygens (including phenoxy) is 1. The first kappa shape index (κ1) is 22.0. The monoisotopic (exact) mass is 409 g/mol. The maximum atomic E-state index is 12.6. The van der Waals surface area contributed by atoms with Gasteiger partial charge in [-0.05, 0) is 73.6 Å². The van der Waals surface area contributed by atoms with Crippen LogP contribution < -0.4 is 10.6 Å². The van der Waals surface area contributed by atoms with E-state index in [9.17, 15) is 9.59 Å². The Morgan fingerprint density at radius 2 is 1.73 bits per heavy atom. The standard InChI is InChI=1S/C24H31N3O3/c1-17-6-4-9-22(18(17)2)26-24(29)16-27(12-13-30-3)15-23(28)25-21-11-10-19-7-5-8-20(19)14-21/h4,6,9-11,14H,5,7-8,12-13,15-16H2,1-3H3,(H,25,28)(H,26,29). The van der Waals surface area contributed by atoms with Crippen molar-refractivity contribution in [1.82, 2.24) is 4.90 Å². The molecule has 0 aromatic heterocycles. The van der Waals surface area contributed by atoms with Gasteiger partial charge in [-0.1, -0.05) is 18.2 Å². The highest BCUT2D eigenvalue weighted by Gasteiger charge is 2.17. The van der Waals surface area contributed by atoms with Crippen LogP contribution in [0, 0.1) is 13.8 Å². The third-order valence-corrected chi connectivity index (χ3v) is 5.61. The summed E-state index contributed by atoms with van der Waals surface area (Å²) < 4.78 is 5.15. The lowest BCUT2D eigenvalue weighted by molar-refractivity contribution is -0.120. The molecule has 2 amide bonds. The molecule has 0 aliphatic heterocycles. The van der Waals surface area contributed by atoms with Crippen LogP contribution in [-0.4, -0.2) is 50.1 Å². The Morgan fingerprint density at radius 3 is 2.50 bits per heavy atom. The molecule has 0 heterocycles. The number of nitrogens with one attached hydrogen (secondary N) is 2. The summed E-state index contributed by atoms with van der Waals surface area (Å²) in [4.78, 5) is 27.0. The van der Waals surface area contributed by atoms with Gasteiger partial charge in [0.25, 0.3) is 0 Å². The van der Waals surface area contributed by atoms with E-state index in [0.29, 0.717) is 13.2 Å². The Hall–Kier alpha value is -2.70. The van der Waals surface area contributed by atoms with Gasteiger partial charge in [0, 0.05) is 25.0 Å². The number of aryl methyl sites for hydroxylation is 3. The summed E-state index contributed by atoms with van der Waals surface area (Å²) in [5.74, 6) is -0.284. The van der Waals surface area contributed by atoms with Crippen LogP contribution in [0.1, 0.15) is 28.7 Å². The largest absolute Gasteiger partial charge is 0.383 e. The summed E-state index contributed by atoms with van der Waals surface area (Å²) in [6.45, 7) is 5.18. The highest BCUT2D eigenvalue weighted by atomic mass is 16.5. The summed E-state index contributed by atoms with van der Waals surface area (Å²) in [6, 6.07) is 11.9. The predicted molar refractivity (Wildman–Crippen MR) is 120 cm³/mol. The quantitative estimate of drug-likeness (QED) is 0.667. The molecule has 0 bridgehead atoms. The van der Waals surface area contributed by atoms with Crippen molar-refractivity contribution >= 4 is 23.2 Å². The van der Waals surface area contributed by atoms with E-state index in [1.54, 1.807) is 12.0 Å². The number of methoxy groups -OCH3 is 1. The van der Waals surface area contributed by atoms with Crippen LogP contribution in [0.4, 0.5) is 11.4 Å². The number of carbonyl (C=O) groups is 2. The molecule has 0 radical (unpaired) electrons. The lowest BCUT2D eigenvalue weighted by atomic mass is 10.1. The minimum atomic E-state index is -0.148. The van der Waals surface area contributed by atoms with E-state index in [1.807, 2.05) is 38.1 Å². The van der Waals surface area contributed by atoms with E-state index in [0.717, 1.165) is 35.3 Å². The first-order chi connectivity index (χ1) is 14.5. The van der Waals surface area contributed by atoms with Crippen molar-refractivity contribution in [2.24, 2.45) is 0 Å². The summed E-state index contributed by atoms with van der Waals surface area (Å²) in [6.07, 6.45) is 3.36. The fourth-order valence-corrected chi connectivity index (χ4v) is 3.77. The Balaban J connectivity index is 1.58. The molecule has 6 nitrogen and oxygen atoms in total. The number of hydrogen-bond acceptors (Lipinski definition) is 4. The third-order valence-electron chi connectivity index (χ3n) is 5.61. The lowest BCUT2D eigenvalue weighted by Gasteiger charge is -2.21. The van der Waals surface area contributed by atoms with Gasteiger partial charge in [-0.25, -0.2) is 0 Å². The summed E-state index contributed by atoms with van der Waals surface area (Å²) in [5.41, 5.74) is 6.47. The SMILES string of the molecule is COCCN(CC(=O)Nc1ccc2c(c1)CCC2)CC(=O)Nc1cccc(C)c1C. The number of benzene rings is 2. The molecule has 2 aromatic rings. The van der Waals surface area contributed by atoms with E-state index in [4.69, 9.17) is 4.74 Å². The molecular formula is C24H31N3O3. The van der Waals surface area contributed by atoms with Gasteiger partial charge in [0.1, 0.15) is 0 Å². The maximum absolute atomic E-state index is 12.6. The number of hydrogen-bond donors (Lipinski definition) is 2. The van der Waals surface area contributed by atoms with Gasteiger partial charge in [-0.3, -0.25) is 14.5 Å². The molecular weight excluding hydrogens is 378 g/mol. The van der Waals surface area contributed by atoms with E-state index in [1.165, 1.54) is 17.5 Å². The van der Waals surface area contributed by atoms with Crippen LogP contribution in [0.15, 0.2) is 36.4 Å². The number of nitrogens with zero attached hydrogens (tertiary/aromatic N) is 1. The zero-order chi connectivity index (χ0) is 21.5. The highest BCUT2D eigenvalue weighted by Crippen LogP contribution is 2.24. The van der Waals surface area contributed by atoms with E-state index in [-0.39, 0.29) is 24.9 Å². The van der Waals surface area contributed by atoms with Crippen LogP contribution >= 0.6 is 0 Å². The zero-order valence-corrected chi connectivity index (χ0v) is 18.1. The van der Waals surface area contributed by atoms with Crippen LogP contribution in [-0.2, 0) is 27.2 Å². The first-order valence-electron chi connectivity index (χ1n) is 10.5. The van der Waals surface area contributed by atoms with Crippen LogP contribution in [0.2, 0.25) is 0 Å². The van der Waals surface area contributed by atoms with Crippen LogP contribution in [0.5, 0.6) is 0 Å². The van der Waals surface area contributed by atoms with Gasteiger partial charge in [-0.15, -0.1) is 0 Å². The van der Waals surface area contributed by atoms with Gasteiger partial charge in [0.15, 0.2) is 0 Å². The molecule has 0 spiro atoms. The molecule has 2 aromatic carbocycles. The van der Waals surface area contributed by atoms with Crippen LogP contribution in [0.25, 0.3) is 0 Å². The average Bonchev–Trinajstić information content (AvgIpc) is 3.17. The van der Waals surface area contributed by atoms with E-state index < -0.39 is 0 Å². The normalized spacial score (nSPS) is 12.7. The smallest absolute Gasteiger partial charge is 0.238 e. The summed E-state index contributed by atoms with van der Waals surface area (Å²) in [7, 11) is 1.61. The fraction of sp³-hybridized carbons (Fsp3) is 0.417. The summed E-state index contributed by atoms with van der Waals surface area (Å²) in [5, 5.41) is 5.92. The van der Waals surface area contributed by atoms with Crippen molar-refractivity contribution < 1.29 is 14.3 Å². The van der Waals surface area contributed by atoms with E-state index >= 15 is 0 Å². The van der Waals surface area contributed by atoms with Crippen molar-refractivity contribution in [3.8, 4) is 0 Å². The first-order valence-corrected chi connectivity index (χ1v) is 10.5. The molecule has 160 valence electrons. The van der Waals surface area contributed by atoms with Gasteiger partial charge in [-0.2, -0.15) is 0 Å². The Labute approximate surface area is 178 Å². The topological polar surface area (TPSA) is 70.7 Å². The minimum Gasteiger partial charge on any atom is -0.383 e. The third kappa shape index (κ3) is 5.90. The second kappa shape index (κ2) is 10.4. The van der Waals surface area contributed by atoms with E-state index in [2.05, 4.69) is 22.8 Å². The predicted octanol–water partition coefficient (Wildman–Crippen LogP) is 3.32. The van der Waals surface area contributed by atoms with Crippen molar-refractivity contribution in [2.45, 2.75) is 33.1 Å². The van der Waals surface area contributed by atoms with Crippen molar-refractivity contribution in [3.63, 3.8) is 0 Å². The van der Waals surface area contributed by atoms with Crippen molar-refractivity contribution in [1.29, 1.82) is 0 Å². The Bertz CT molecular complexity index is 911. The molecule has 30 heavy (non-hydrogen) atoms. The molecule has 0 saturated heterocycles. The Morgan fingerprint density at radius 1 is 1.00 bits per heavy atom. The summed E-state index contributed by atoms with van der Waals surface area (Å²) >= 11 is 0. The number of anilines is 2. The zero-order valence-electron chi connectivity index (χ0n) is 18.1. The second-order valence-electron chi connectivity index (χ2n) is 7.88. The lowest BCUT2D eigenvalue weighted by Crippen LogP contribution is -2.40. The molecule has 2 N–H and O–H groups in total. The van der Waals surface area contributed by atoms with Gasteiger partial charge < -0.3 is 15.4 Å². The molecule has 1 aliphatic rings. The number of rotatable bonds is 9. The molecule has 0 fully saturated rings. The average molecular weight is 410 g/mol. The van der Waals surface area contributed by atoms with Crippen molar-refractivity contribution in [3.05, 3.63) is 58.7 Å². The molecule has 0 saturated carbocycles. The van der Waals surface area contributed by atoms with Gasteiger partial charge >= 0.3 is 0 Å². The maximum Gasteiger partial charge on any atom is 0.238 e.